The number of benzene rings is 1. The number of aryl methyl sites for hydroxylation is 2. The summed E-state index contributed by atoms with van der Waals surface area (Å²) in [5.74, 6) is 2.93. The van der Waals surface area contributed by atoms with Gasteiger partial charge in [0.2, 0.25) is 0 Å². The number of rotatable bonds is 4. The number of carbonyl (C=O) groups excluding carboxylic acids is 1. The van der Waals surface area contributed by atoms with Crippen LogP contribution in [0.25, 0.3) is 0 Å². The SMILES string of the molecule is Cc1ccc(CCC(=O)C2CCOC3(CCSC3)C2)cc1. The van der Waals surface area contributed by atoms with E-state index in [1.54, 1.807) is 0 Å². The maximum atomic E-state index is 12.5. The van der Waals surface area contributed by atoms with E-state index in [2.05, 4.69) is 31.2 Å². The number of thioether (sulfide) groups is 1. The molecular formula is C18H24O2S. The first kappa shape index (κ1) is 15.1. The van der Waals surface area contributed by atoms with Crippen molar-refractivity contribution in [3.8, 4) is 0 Å². The normalized spacial score (nSPS) is 28.9. The van der Waals surface area contributed by atoms with Gasteiger partial charge in [-0.2, -0.15) is 11.8 Å². The summed E-state index contributed by atoms with van der Waals surface area (Å²) in [6.45, 7) is 2.86. The van der Waals surface area contributed by atoms with Crippen LogP contribution in [0.2, 0.25) is 0 Å². The lowest BCUT2D eigenvalue weighted by Crippen LogP contribution is -2.42. The van der Waals surface area contributed by atoms with E-state index in [1.807, 2.05) is 11.8 Å². The molecule has 2 aliphatic heterocycles. The molecule has 0 amide bonds. The maximum absolute atomic E-state index is 12.5. The maximum Gasteiger partial charge on any atom is 0.136 e. The third kappa shape index (κ3) is 3.70. The fraction of sp³-hybridized carbons (Fsp3) is 0.611. The van der Waals surface area contributed by atoms with Crippen LogP contribution in [0.4, 0.5) is 0 Å². The van der Waals surface area contributed by atoms with Crippen molar-refractivity contribution in [3.05, 3.63) is 35.4 Å². The Bertz CT molecular complexity index is 488. The fourth-order valence-corrected chi connectivity index (χ4v) is 4.77. The van der Waals surface area contributed by atoms with E-state index < -0.39 is 0 Å². The quantitative estimate of drug-likeness (QED) is 0.846. The number of hydrogen-bond acceptors (Lipinski definition) is 3. The van der Waals surface area contributed by atoms with E-state index in [4.69, 9.17) is 4.74 Å². The summed E-state index contributed by atoms with van der Waals surface area (Å²) in [6, 6.07) is 8.53. The molecular weight excluding hydrogens is 280 g/mol. The van der Waals surface area contributed by atoms with Gasteiger partial charge in [0.1, 0.15) is 5.78 Å². The van der Waals surface area contributed by atoms with Crippen LogP contribution in [0.1, 0.15) is 36.8 Å². The Labute approximate surface area is 131 Å². The molecule has 0 N–H and O–H groups in total. The highest BCUT2D eigenvalue weighted by molar-refractivity contribution is 7.99. The van der Waals surface area contributed by atoms with Gasteiger partial charge in [0.25, 0.3) is 0 Å². The molecule has 114 valence electrons. The van der Waals surface area contributed by atoms with Gasteiger partial charge in [-0.05, 0) is 43.9 Å². The second-order valence-electron chi connectivity index (χ2n) is 6.48. The summed E-state index contributed by atoms with van der Waals surface area (Å²) in [4.78, 5) is 12.5. The highest BCUT2D eigenvalue weighted by Gasteiger charge is 2.42. The van der Waals surface area contributed by atoms with Crippen LogP contribution in [0.5, 0.6) is 0 Å². The van der Waals surface area contributed by atoms with Gasteiger partial charge in [0, 0.05) is 24.7 Å². The van der Waals surface area contributed by atoms with Gasteiger partial charge >= 0.3 is 0 Å². The first-order valence-electron chi connectivity index (χ1n) is 7.97. The van der Waals surface area contributed by atoms with E-state index in [0.717, 1.165) is 38.0 Å². The van der Waals surface area contributed by atoms with Gasteiger partial charge in [-0.25, -0.2) is 0 Å². The smallest absolute Gasteiger partial charge is 0.136 e. The van der Waals surface area contributed by atoms with E-state index >= 15 is 0 Å². The van der Waals surface area contributed by atoms with Crippen LogP contribution in [0.15, 0.2) is 24.3 Å². The van der Waals surface area contributed by atoms with Crippen molar-refractivity contribution in [2.24, 2.45) is 5.92 Å². The predicted octanol–water partition coefficient (Wildman–Crippen LogP) is 3.80. The summed E-state index contributed by atoms with van der Waals surface area (Å²) < 4.78 is 6.01. The van der Waals surface area contributed by atoms with Gasteiger partial charge in [-0.15, -0.1) is 0 Å². The number of hydrogen-bond donors (Lipinski definition) is 0. The molecule has 2 aliphatic rings. The first-order chi connectivity index (χ1) is 10.2. The number of Topliss-reactive ketones (excluding diaryl/α,β-unsaturated/α-hetero) is 1. The zero-order chi connectivity index (χ0) is 14.7. The summed E-state index contributed by atoms with van der Waals surface area (Å²) in [5.41, 5.74) is 2.56. The van der Waals surface area contributed by atoms with Crippen LogP contribution >= 0.6 is 11.8 Å². The molecule has 21 heavy (non-hydrogen) atoms. The molecule has 0 radical (unpaired) electrons. The third-order valence-electron chi connectivity index (χ3n) is 4.80. The summed E-state index contributed by atoms with van der Waals surface area (Å²) in [5, 5.41) is 0. The topological polar surface area (TPSA) is 26.3 Å². The highest BCUT2D eigenvalue weighted by atomic mass is 32.2. The molecule has 2 saturated heterocycles. The molecule has 2 nitrogen and oxygen atoms in total. The molecule has 3 rings (SSSR count). The summed E-state index contributed by atoms with van der Waals surface area (Å²) in [7, 11) is 0. The Morgan fingerprint density at radius 1 is 1.38 bits per heavy atom. The largest absolute Gasteiger partial charge is 0.374 e. The average molecular weight is 304 g/mol. The predicted molar refractivity (Wildman–Crippen MR) is 87.9 cm³/mol. The molecule has 2 heterocycles. The van der Waals surface area contributed by atoms with Gasteiger partial charge in [0.05, 0.1) is 5.60 Å². The lowest BCUT2D eigenvalue weighted by Gasteiger charge is -2.37. The van der Waals surface area contributed by atoms with Crippen LogP contribution in [0.3, 0.4) is 0 Å². The molecule has 0 aliphatic carbocycles. The fourth-order valence-electron chi connectivity index (χ4n) is 3.39. The van der Waals surface area contributed by atoms with Crippen molar-refractivity contribution in [1.82, 2.24) is 0 Å². The lowest BCUT2D eigenvalue weighted by molar-refractivity contribution is -0.134. The van der Waals surface area contributed by atoms with E-state index in [0.29, 0.717) is 12.2 Å². The molecule has 1 aromatic rings. The molecule has 3 heteroatoms. The van der Waals surface area contributed by atoms with Crippen LogP contribution in [-0.2, 0) is 16.0 Å². The van der Waals surface area contributed by atoms with Crippen molar-refractivity contribution in [1.29, 1.82) is 0 Å². The molecule has 0 bridgehead atoms. The minimum Gasteiger partial charge on any atom is -0.374 e. The van der Waals surface area contributed by atoms with E-state index in [-0.39, 0.29) is 11.5 Å². The van der Waals surface area contributed by atoms with E-state index in [9.17, 15) is 4.79 Å². The van der Waals surface area contributed by atoms with Gasteiger partial charge in [0.15, 0.2) is 0 Å². The van der Waals surface area contributed by atoms with Gasteiger partial charge in [-0.1, -0.05) is 29.8 Å². The Balaban J connectivity index is 1.54. The van der Waals surface area contributed by atoms with Crippen molar-refractivity contribution < 1.29 is 9.53 Å². The number of carbonyl (C=O) groups is 1. The molecule has 2 unspecified atom stereocenters. The van der Waals surface area contributed by atoms with Crippen molar-refractivity contribution in [3.63, 3.8) is 0 Å². The Morgan fingerprint density at radius 3 is 2.90 bits per heavy atom. The summed E-state index contributed by atoms with van der Waals surface area (Å²) in [6.07, 6.45) is 4.54. The van der Waals surface area contributed by atoms with Gasteiger partial charge < -0.3 is 4.74 Å². The van der Waals surface area contributed by atoms with Crippen molar-refractivity contribution >= 4 is 17.5 Å². The molecule has 1 aromatic carbocycles. The van der Waals surface area contributed by atoms with E-state index in [1.165, 1.54) is 16.9 Å². The Hall–Kier alpha value is -0.800. The second-order valence-corrected chi connectivity index (χ2v) is 7.58. The average Bonchev–Trinajstić information content (AvgIpc) is 2.94. The number of ketones is 1. The molecule has 2 atom stereocenters. The van der Waals surface area contributed by atoms with Crippen molar-refractivity contribution in [2.45, 2.75) is 44.6 Å². The molecule has 0 aromatic heterocycles. The zero-order valence-electron chi connectivity index (χ0n) is 12.8. The summed E-state index contributed by atoms with van der Waals surface area (Å²) >= 11 is 1.97. The van der Waals surface area contributed by atoms with Crippen molar-refractivity contribution in [2.75, 3.05) is 18.1 Å². The minimum atomic E-state index is 0.0209. The van der Waals surface area contributed by atoms with Crippen LogP contribution in [-0.4, -0.2) is 29.5 Å². The Morgan fingerprint density at radius 2 is 2.19 bits per heavy atom. The zero-order valence-corrected chi connectivity index (χ0v) is 13.6. The first-order valence-corrected chi connectivity index (χ1v) is 9.12. The second kappa shape index (κ2) is 6.53. The third-order valence-corrected chi connectivity index (χ3v) is 6.02. The number of ether oxygens (including phenoxy) is 1. The molecule has 1 spiro atoms. The highest BCUT2D eigenvalue weighted by Crippen LogP contribution is 2.40. The van der Waals surface area contributed by atoms with Gasteiger partial charge in [-0.3, -0.25) is 4.79 Å². The monoisotopic (exact) mass is 304 g/mol. The molecule has 0 saturated carbocycles. The lowest BCUT2D eigenvalue weighted by atomic mass is 9.82. The standard InChI is InChI=1S/C18H24O2S/c1-14-2-4-15(5-3-14)6-7-17(19)16-8-10-20-18(12-16)9-11-21-13-18/h2-5,16H,6-13H2,1H3. The van der Waals surface area contributed by atoms with Crippen LogP contribution < -0.4 is 0 Å². The molecule has 2 fully saturated rings. The van der Waals surface area contributed by atoms with Crippen LogP contribution in [0, 0.1) is 12.8 Å². The minimum absolute atomic E-state index is 0.0209. The Kier molecular flexibility index (Phi) is 4.70.